The average molecular weight is 327 g/mol. The molecule has 0 saturated carbocycles. The third-order valence-electron chi connectivity index (χ3n) is 3.45. The third-order valence-corrected chi connectivity index (χ3v) is 4.83. The van der Waals surface area contributed by atoms with Gasteiger partial charge in [0.2, 0.25) is 0 Å². The van der Waals surface area contributed by atoms with E-state index in [-0.39, 0.29) is 0 Å². The van der Waals surface area contributed by atoms with E-state index < -0.39 is 11.6 Å². The highest BCUT2D eigenvalue weighted by Crippen LogP contribution is 2.25. The summed E-state index contributed by atoms with van der Waals surface area (Å²) >= 11 is 1.98. The minimum atomic E-state index is -0.533. The first-order valence-corrected chi connectivity index (χ1v) is 8.81. The predicted molar refractivity (Wildman–Crippen MR) is 89.5 cm³/mol. The van der Waals surface area contributed by atoms with Crippen molar-refractivity contribution in [2.24, 2.45) is 4.99 Å². The molecule has 3 nitrogen and oxygen atoms in total. The molecule has 0 amide bonds. The molecule has 122 valence electrons. The molecular formula is C16H23F2N3S. The maximum atomic E-state index is 13.1. The Labute approximate surface area is 135 Å². The topological polar surface area (TPSA) is 36.4 Å². The van der Waals surface area contributed by atoms with Gasteiger partial charge in [-0.2, -0.15) is 11.8 Å². The standard InChI is InChI=1S/C16H23F2N3S/c1-2-19-16(21-11-15-4-3-7-22-15)20-6-5-12-8-13(17)10-14(18)9-12/h8-10,15H,2-7,11H2,1H3,(H2,19,20,21). The zero-order valence-electron chi connectivity index (χ0n) is 12.9. The van der Waals surface area contributed by atoms with Gasteiger partial charge in [0, 0.05) is 24.4 Å². The Kier molecular flexibility index (Phi) is 6.96. The summed E-state index contributed by atoms with van der Waals surface area (Å²) in [5.41, 5.74) is 0.646. The number of hydrogen-bond acceptors (Lipinski definition) is 2. The Balaban J connectivity index is 1.81. The zero-order valence-corrected chi connectivity index (χ0v) is 13.7. The maximum Gasteiger partial charge on any atom is 0.191 e. The predicted octanol–water partition coefficient (Wildman–Crippen LogP) is 2.96. The minimum Gasteiger partial charge on any atom is -0.357 e. The summed E-state index contributed by atoms with van der Waals surface area (Å²) in [7, 11) is 0. The summed E-state index contributed by atoms with van der Waals surface area (Å²) in [6, 6.07) is 3.62. The quantitative estimate of drug-likeness (QED) is 0.623. The molecule has 1 aliphatic rings. The van der Waals surface area contributed by atoms with Gasteiger partial charge < -0.3 is 10.6 Å². The van der Waals surface area contributed by atoms with Gasteiger partial charge in [-0.1, -0.05) is 0 Å². The molecule has 6 heteroatoms. The van der Waals surface area contributed by atoms with Crippen molar-refractivity contribution in [2.45, 2.75) is 31.4 Å². The van der Waals surface area contributed by atoms with Crippen LogP contribution in [-0.2, 0) is 6.42 Å². The summed E-state index contributed by atoms with van der Waals surface area (Å²) in [6.07, 6.45) is 3.06. The van der Waals surface area contributed by atoms with Crippen LogP contribution in [0, 0.1) is 11.6 Å². The first-order valence-electron chi connectivity index (χ1n) is 7.76. The molecule has 2 N–H and O–H groups in total. The number of rotatable bonds is 6. The minimum absolute atomic E-state index is 0.533. The molecule has 2 rings (SSSR count). The highest BCUT2D eigenvalue weighted by molar-refractivity contribution is 8.00. The fraction of sp³-hybridized carbons (Fsp3) is 0.562. The second-order valence-corrected chi connectivity index (χ2v) is 6.72. The lowest BCUT2D eigenvalue weighted by Crippen LogP contribution is -2.38. The van der Waals surface area contributed by atoms with Crippen LogP contribution in [0.1, 0.15) is 25.3 Å². The Morgan fingerprint density at radius 1 is 1.27 bits per heavy atom. The summed E-state index contributed by atoms with van der Waals surface area (Å²) < 4.78 is 26.3. The van der Waals surface area contributed by atoms with Gasteiger partial charge in [0.05, 0.1) is 6.54 Å². The molecule has 1 saturated heterocycles. The molecule has 1 atom stereocenters. The van der Waals surface area contributed by atoms with Crippen molar-refractivity contribution in [3.8, 4) is 0 Å². The molecule has 1 aromatic carbocycles. The number of guanidine groups is 1. The van der Waals surface area contributed by atoms with Gasteiger partial charge in [-0.25, -0.2) is 8.78 Å². The molecular weight excluding hydrogens is 304 g/mol. The van der Waals surface area contributed by atoms with E-state index in [4.69, 9.17) is 0 Å². The number of thioether (sulfide) groups is 1. The maximum absolute atomic E-state index is 13.1. The fourth-order valence-corrected chi connectivity index (χ4v) is 3.58. The molecule has 0 spiro atoms. The second kappa shape index (κ2) is 8.98. The molecule has 22 heavy (non-hydrogen) atoms. The molecule has 1 aliphatic heterocycles. The first-order chi connectivity index (χ1) is 10.7. The lowest BCUT2D eigenvalue weighted by Gasteiger charge is -2.12. The van der Waals surface area contributed by atoms with E-state index in [9.17, 15) is 8.78 Å². The van der Waals surface area contributed by atoms with Crippen LogP contribution in [-0.4, -0.2) is 36.6 Å². The van der Waals surface area contributed by atoms with Crippen molar-refractivity contribution in [2.75, 3.05) is 25.4 Å². The van der Waals surface area contributed by atoms with Crippen LogP contribution in [0.25, 0.3) is 0 Å². The van der Waals surface area contributed by atoms with E-state index in [1.807, 2.05) is 18.7 Å². The molecule has 1 unspecified atom stereocenters. The van der Waals surface area contributed by atoms with Crippen molar-refractivity contribution in [3.05, 3.63) is 35.4 Å². The fourth-order valence-electron chi connectivity index (χ4n) is 2.40. The highest BCUT2D eigenvalue weighted by atomic mass is 32.2. The van der Waals surface area contributed by atoms with Crippen molar-refractivity contribution in [3.63, 3.8) is 0 Å². The van der Waals surface area contributed by atoms with Crippen molar-refractivity contribution >= 4 is 17.7 Å². The first kappa shape index (κ1) is 17.1. The average Bonchev–Trinajstić information content (AvgIpc) is 2.97. The molecule has 0 aromatic heterocycles. The van der Waals surface area contributed by atoms with Crippen LogP contribution in [0.3, 0.4) is 0 Å². The number of aliphatic imine (C=N–C) groups is 1. The summed E-state index contributed by atoms with van der Waals surface area (Å²) in [5.74, 6) is 0.935. The number of hydrogen-bond donors (Lipinski definition) is 2. The van der Waals surface area contributed by atoms with Crippen LogP contribution in [0.2, 0.25) is 0 Å². The van der Waals surface area contributed by atoms with E-state index >= 15 is 0 Å². The van der Waals surface area contributed by atoms with Crippen molar-refractivity contribution in [1.82, 2.24) is 10.6 Å². The van der Waals surface area contributed by atoms with E-state index in [0.717, 1.165) is 25.1 Å². The lowest BCUT2D eigenvalue weighted by molar-refractivity contribution is 0.579. The van der Waals surface area contributed by atoms with Crippen molar-refractivity contribution in [1.29, 1.82) is 0 Å². The van der Waals surface area contributed by atoms with Gasteiger partial charge in [-0.15, -0.1) is 0 Å². The van der Waals surface area contributed by atoms with Crippen LogP contribution in [0.15, 0.2) is 23.2 Å². The Morgan fingerprint density at radius 3 is 2.68 bits per heavy atom. The molecule has 0 aliphatic carbocycles. The zero-order chi connectivity index (χ0) is 15.8. The van der Waals surface area contributed by atoms with Gasteiger partial charge in [0.1, 0.15) is 11.6 Å². The number of benzene rings is 1. The summed E-state index contributed by atoms with van der Waals surface area (Å²) in [6.45, 7) is 4.21. The smallest absolute Gasteiger partial charge is 0.191 e. The van der Waals surface area contributed by atoms with Crippen LogP contribution in [0.4, 0.5) is 8.78 Å². The van der Waals surface area contributed by atoms with Gasteiger partial charge in [-0.05, 0) is 49.6 Å². The van der Waals surface area contributed by atoms with Gasteiger partial charge in [0.15, 0.2) is 5.96 Å². The summed E-state index contributed by atoms with van der Waals surface area (Å²) in [4.78, 5) is 4.59. The van der Waals surface area contributed by atoms with E-state index in [2.05, 4.69) is 15.6 Å². The Morgan fingerprint density at radius 2 is 2.05 bits per heavy atom. The summed E-state index contributed by atoms with van der Waals surface area (Å²) in [5, 5.41) is 7.03. The normalized spacial score (nSPS) is 18.5. The molecule has 1 heterocycles. The third kappa shape index (κ3) is 5.83. The molecule has 0 bridgehead atoms. The Bertz CT molecular complexity index is 482. The number of halogens is 2. The second-order valence-electron chi connectivity index (χ2n) is 5.31. The largest absolute Gasteiger partial charge is 0.357 e. The van der Waals surface area contributed by atoms with Gasteiger partial charge in [-0.3, -0.25) is 4.99 Å². The molecule has 1 fully saturated rings. The van der Waals surface area contributed by atoms with Crippen LogP contribution < -0.4 is 10.6 Å². The number of nitrogens with one attached hydrogen (secondary N) is 2. The molecule has 1 aromatic rings. The lowest BCUT2D eigenvalue weighted by atomic mass is 10.1. The molecule has 0 radical (unpaired) electrons. The van der Waals surface area contributed by atoms with Gasteiger partial charge in [0.25, 0.3) is 0 Å². The van der Waals surface area contributed by atoms with Gasteiger partial charge >= 0.3 is 0 Å². The van der Waals surface area contributed by atoms with Crippen LogP contribution in [0.5, 0.6) is 0 Å². The van der Waals surface area contributed by atoms with E-state index in [0.29, 0.717) is 23.8 Å². The van der Waals surface area contributed by atoms with E-state index in [1.165, 1.54) is 30.7 Å². The Hall–Kier alpha value is -1.30. The monoisotopic (exact) mass is 327 g/mol. The number of nitrogens with zero attached hydrogens (tertiary/aromatic N) is 1. The van der Waals surface area contributed by atoms with E-state index in [1.54, 1.807) is 0 Å². The van der Waals surface area contributed by atoms with Crippen LogP contribution >= 0.6 is 11.8 Å². The SMILES string of the molecule is CCNC(=NCC1CCCS1)NCCc1cc(F)cc(F)c1. The highest BCUT2D eigenvalue weighted by Gasteiger charge is 2.14. The van der Waals surface area contributed by atoms with Crippen molar-refractivity contribution < 1.29 is 8.78 Å².